The van der Waals surface area contributed by atoms with Crippen LogP contribution >= 0.6 is 11.3 Å². The molecule has 2 N–H and O–H groups in total. The maximum absolute atomic E-state index is 6.41. The molecule has 0 bridgehead atoms. The van der Waals surface area contributed by atoms with Crippen LogP contribution in [-0.4, -0.2) is 30.0 Å². The Balaban J connectivity index is 2.15. The molecular formula is C10H17N3S. The predicted molar refractivity (Wildman–Crippen MR) is 59.3 cm³/mol. The van der Waals surface area contributed by atoms with Gasteiger partial charge >= 0.3 is 0 Å². The number of nitrogens with zero attached hydrogens (tertiary/aromatic N) is 2. The summed E-state index contributed by atoms with van der Waals surface area (Å²) in [7, 11) is 2.16. The molecule has 2 heterocycles. The summed E-state index contributed by atoms with van der Waals surface area (Å²) < 4.78 is 0. The second-order valence-corrected chi connectivity index (χ2v) is 5.04. The molecule has 1 saturated heterocycles. The highest BCUT2D eigenvalue weighted by molar-refractivity contribution is 7.09. The van der Waals surface area contributed by atoms with E-state index in [9.17, 15) is 0 Å². The highest BCUT2D eigenvalue weighted by Gasteiger charge is 2.31. The summed E-state index contributed by atoms with van der Waals surface area (Å²) in [6.45, 7) is 2.24. The van der Waals surface area contributed by atoms with E-state index in [4.69, 9.17) is 5.73 Å². The fraction of sp³-hybridized carbons (Fsp3) is 0.700. The molecule has 0 aliphatic carbocycles. The van der Waals surface area contributed by atoms with Crippen LogP contribution in [0, 0.1) is 0 Å². The van der Waals surface area contributed by atoms with Crippen molar-refractivity contribution in [1.82, 2.24) is 9.88 Å². The normalized spacial score (nSPS) is 30.1. The van der Waals surface area contributed by atoms with Crippen LogP contribution in [0.3, 0.4) is 0 Å². The maximum atomic E-state index is 6.41. The number of nitrogens with two attached hydrogens (primary N) is 1. The first kappa shape index (κ1) is 10.1. The Morgan fingerprint density at radius 2 is 2.36 bits per heavy atom. The Bertz CT molecular complexity index is 286. The van der Waals surface area contributed by atoms with E-state index in [1.165, 1.54) is 6.42 Å². The topological polar surface area (TPSA) is 42.1 Å². The third-order valence-corrected chi connectivity index (χ3v) is 3.95. The third kappa shape index (κ3) is 1.97. The molecule has 1 unspecified atom stereocenters. The van der Waals surface area contributed by atoms with Crippen LogP contribution in [0.5, 0.6) is 0 Å². The zero-order valence-electron chi connectivity index (χ0n) is 8.57. The lowest BCUT2D eigenvalue weighted by Crippen LogP contribution is -2.37. The van der Waals surface area contributed by atoms with Crippen molar-refractivity contribution >= 4 is 11.3 Å². The predicted octanol–water partition coefficient (Wildman–Crippen LogP) is 1.41. The van der Waals surface area contributed by atoms with Crippen LogP contribution in [0.1, 0.15) is 24.3 Å². The van der Waals surface area contributed by atoms with Gasteiger partial charge in [-0.1, -0.05) is 0 Å². The van der Waals surface area contributed by atoms with E-state index in [2.05, 4.69) is 16.9 Å². The number of hydrogen-bond acceptors (Lipinski definition) is 4. The number of likely N-dealkylation sites (tertiary alicyclic amines) is 1. The van der Waals surface area contributed by atoms with Crippen molar-refractivity contribution in [2.75, 3.05) is 20.1 Å². The molecule has 1 aromatic heterocycles. The molecule has 1 aromatic rings. The molecule has 78 valence electrons. The smallest absolute Gasteiger partial charge is 0.112 e. The quantitative estimate of drug-likeness (QED) is 0.764. The van der Waals surface area contributed by atoms with Gasteiger partial charge in [0, 0.05) is 11.6 Å². The number of rotatable bonds is 1. The molecule has 1 fully saturated rings. The van der Waals surface area contributed by atoms with Crippen LogP contribution in [0.25, 0.3) is 0 Å². The van der Waals surface area contributed by atoms with Crippen LogP contribution < -0.4 is 5.73 Å². The summed E-state index contributed by atoms with van der Waals surface area (Å²) in [4.78, 5) is 6.70. The van der Waals surface area contributed by atoms with Gasteiger partial charge in [-0.3, -0.25) is 0 Å². The molecule has 14 heavy (non-hydrogen) atoms. The van der Waals surface area contributed by atoms with Gasteiger partial charge in [-0.15, -0.1) is 11.3 Å². The van der Waals surface area contributed by atoms with Crippen LogP contribution in [0.2, 0.25) is 0 Å². The summed E-state index contributed by atoms with van der Waals surface area (Å²) in [5, 5.41) is 3.12. The Labute approximate surface area is 88.9 Å². The summed E-state index contributed by atoms with van der Waals surface area (Å²) in [6, 6.07) is 0. The SMILES string of the molecule is CN1CCCC(N)(c2nccs2)CC1. The fourth-order valence-corrected chi connectivity index (χ4v) is 2.79. The van der Waals surface area contributed by atoms with Gasteiger partial charge in [0.25, 0.3) is 0 Å². The zero-order valence-corrected chi connectivity index (χ0v) is 9.39. The first-order valence-electron chi connectivity index (χ1n) is 5.08. The molecule has 0 amide bonds. The molecule has 1 aliphatic rings. The summed E-state index contributed by atoms with van der Waals surface area (Å²) >= 11 is 1.68. The van der Waals surface area contributed by atoms with Gasteiger partial charge in [-0.25, -0.2) is 4.98 Å². The van der Waals surface area contributed by atoms with E-state index in [-0.39, 0.29) is 5.54 Å². The summed E-state index contributed by atoms with van der Waals surface area (Å²) in [6.07, 6.45) is 5.11. The molecule has 4 heteroatoms. The van der Waals surface area contributed by atoms with Crippen LogP contribution in [-0.2, 0) is 5.54 Å². The standard InChI is InChI=1S/C10H17N3S/c1-13-6-2-3-10(11,4-7-13)9-12-5-8-14-9/h5,8H,2-4,6-7,11H2,1H3. The minimum Gasteiger partial charge on any atom is -0.319 e. The Kier molecular flexibility index (Phi) is 2.85. The summed E-state index contributed by atoms with van der Waals surface area (Å²) in [5.41, 5.74) is 6.24. The lowest BCUT2D eigenvalue weighted by atomic mass is 9.93. The Hall–Kier alpha value is -0.450. The lowest BCUT2D eigenvalue weighted by molar-refractivity contribution is 0.329. The number of hydrogen-bond donors (Lipinski definition) is 1. The van der Waals surface area contributed by atoms with E-state index < -0.39 is 0 Å². The lowest BCUT2D eigenvalue weighted by Gasteiger charge is -2.25. The van der Waals surface area contributed by atoms with Crippen molar-refractivity contribution in [3.63, 3.8) is 0 Å². The largest absolute Gasteiger partial charge is 0.319 e. The second-order valence-electron chi connectivity index (χ2n) is 4.15. The van der Waals surface area contributed by atoms with E-state index in [0.29, 0.717) is 0 Å². The average molecular weight is 211 g/mol. The highest BCUT2D eigenvalue weighted by atomic mass is 32.1. The highest BCUT2D eigenvalue weighted by Crippen LogP contribution is 2.31. The minimum atomic E-state index is -0.168. The first-order valence-corrected chi connectivity index (χ1v) is 5.96. The zero-order chi connectivity index (χ0) is 10.0. The van der Waals surface area contributed by atoms with E-state index in [1.54, 1.807) is 11.3 Å². The third-order valence-electron chi connectivity index (χ3n) is 2.96. The maximum Gasteiger partial charge on any atom is 0.112 e. The molecule has 0 radical (unpaired) electrons. The van der Waals surface area contributed by atoms with Gasteiger partial charge in [0.05, 0.1) is 5.54 Å². The fourth-order valence-electron chi connectivity index (χ4n) is 1.97. The van der Waals surface area contributed by atoms with Crippen LogP contribution in [0.4, 0.5) is 0 Å². The molecule has 0 spiro atoms. The average Bonchev–Trinajstić information content (AvgIpc) is 2.63. The van der Waals surface area contributed by atoms with E-state index in [0.717, 1.165) is 30.9 Å². The molecule has 2 rings (SSSR count). The van der Waals surface area contributed by atoms with Gasteiger partial charge < -0.3 is 10.6 Å². The van der Waals surface area contributed by atoms with Crippen molar-refractivity contribution in [3.8, 4) is 0 Å². The molecule has 0 saturated carbocycles. The molecular weight excluding hydrogens is 194 g/mol. The van der Waals surface area contributed by atoms with Crippen molar-refractivity contribution in [2.24, 2.45) is 5.73 Å². The van der Waals surface area contributed by atoms with Gasteiger partial charge in [0.15, 0.2) is 0 Å². The van der Waals surface area contributed by atoms with Gasteiger partial charge in [-0.05, 0) is 39.4 Å². The summed E-state index contributed by atoms with van der Waals surface area (Å²) in [5.74, 6) is 0. The number of aromatic nitrogens is 1. The first-order chi connectivity index (χ1) is 6.71. The van der Waals surface area contributed by atoms with Crippen molar-refractivity contribution in [2.45, 2.75) is 24.8 Å². The molecule has 0 aromatic carbocycles. The minimum absolute atomic E-state index is 0.168. The van der Waals surface area contributed by atoms with Gasteiger partial charge in [-0.2, -0.15) is 0 Å². The molecule has 1 aliphatic heterocycles. The monoisotopic (exact) mass is 211 g/mol. The van der Waals surface area contributed by atoms with Crippen molar-refractivity contribution < 1.29 is 0 Å². The Morgan fingerprint density at radius 1 is 1.50 bits per heavy atom. The Morgan fingerprint density at radius 3 is 3.07 bits per heavy atom. The molecule has 1 atom stereocenters. The van der Waals surface area contributed by atoms with Crippen molar-refractivity contribution in [1.29, 1.82) is 0 Å². The van der Waals surface area contributed by atoms with E-state index in [1.807, 2.05) is 11.6 Å². The van der Waals surface area contributed by atoms with E-state index >= 15 is 0 Å². The van der Waals surface area contributed by atoms with Crippen LogP contribution in [0.15, 0.2) is 11.6 Å². The van der Waals surface area contributed by atoms with Gasteiger partial charge in [0.2, 0.25) is 0 Å². The van der Waals surface area contributed by atoms with Gasteiger partial charge in [0.1, 0.15) is 5.01 Å². The second kappa shape index (κ2) is 3.96. The van der Waals surface area contributed by atoms with Crippen molar-refractivity contribution in [3.05, 3.63) is 16.6 Å². The molecule has 3 nitrogen and oxygen atoms in total. The number of thiazole rings is 1.